The first kappa shape index (κ1) is 14.6. The smallest absolute Gasteiger partial charge is 0.255 e. The molecule has 1 aromatic carbocycles. The number of nitrogen functional groups attached to an aromatic ring is 1. The molecule has 0 fully saturated rings. The summed E-state index contributed by atoms with van der Waals surface area (Å²) in [4.78, 5) is 15.6. The van der Waals surface area contributed by atoms with E-state index in [4.69, 9.17) is 5.73 Å². The highest BCUT2D eigenvalue weighted by Gasteiger charge is 2.20. The van der Waals surface area contributed by atoms with Crippen LogP contribution in [-0.2, 0) is 6.42 Å². The van der Waals surface area contributed by atoms with Crippen molar-refractivity contribution in [1.29, 1.82) is 0 Å². The van der Waals surface area contributed by atoms with Crippen LogP contribution in [0.2, 0.25) is 0 Å². The molecule has 0 saturated carbocycles. The minimum Gasteiger partial charge on any atom is -0.398 e. The number of likely N-dealkylation sites (N-methyl/N-ethyl adjacent to an activating group) is 1. The highest BCUT2D eigenvalue weighted by molar-refractivity contribution is 7.09. The summed E-state index contributed by atoms with van der Waals surface area (Å²) in [5, 5.41) is 2.06. The molecule has 2 N–H and O–H groups in total. The summed E-state index contributed by atoms with van der Waals surface area (Å²) < 4.78 is 0. The maximum Gasteiger partial charge on any atom is 0.255 e. The summed E-state index contributed by atoms with van der Waals surface area (Å²) in [6.45, 7) is 3.98. The van der Waals surface area contributed by atoms with Crippen molar-refractivity contribution >= 4 is 22.9 Å². The van der Waals surface area contributed by atoms with Gasteiger partial charge in [0.1, 0.15) is 0 Å². The van der Waals surface area contributed by atoms with Crippen molar-refractivity contribution in [2.24, 2.45) is 0 Å². The Bertz CT molecular complexity index is 593. The minimum absolute atomic E-state index is 0.0183. The molecule has 0 aliphatic rings. The van der Waals surface area contributed by atoms with E-state index < -0.39 is 0 Å². The third-order valence-corrected chi connectivity index (χ3v) is 4.51. The molecule has 1 heterocycles. The molecule has 1 atom stereocenters. The zero-order valence-electron chi connectivity index (χ0n) is 12.1. The number of aryl methyl sites for hydroxylation is 1. The number of anilines is 1. The third kappa shape index (κ3) is 3.02. The van der Waals surface area contributed by atoms with Gasteiger partial charge in [0.15, 0.2) is 0 Å². The van der Waals surface area contributed by atoms with Crippen molar-refractivity contribution in [3.05, 3.63) is 51.7 Å². The second-order valence-corrected chi connectivity index (χ2v) is 6.12. The number of carbonyl (C=O) groups is 1. The average molecular weight is 288 g/mol. The molecule has 0 bridgehead atoms. The second-order valence-electron chi connectivity index (χ2n) is 5.08. The molecule has 0 spiro atoms. The zero-order valence-corrected chi connectivity index (χ0v) is 12.9. The quantitative estimate of drug-likeness (QED) is 0.877. The van der Waals surface area contributed by atoms with Crippen LogP contribution in [0.3, 0.4) is 0 Å². The number of benzene rings is 1. The molecule has 0 saturated heterocycles. The molecule has 0 radical (unpaired) electrons. The molecule has 1 amide bonds. The third-order valence-electron chi connectivity index (χ3n) is 3.61. The Morgan fingerprint density at radius 3 is 2.75 bits per heavy atom. The van der Waals surface area contributed by atoms with E-state index in [0.29, 0.717) is 11.3 Å². The predicted octanol–water partition coefficient (Wildman–Crippen LogP) is 3.34. The highest BCUT2D eigenvalue weighted by atomic mass is 32.1. The molecular weight excluding hydrogens is 268 g/mol. The Balaban J connectivity index is 2.13. The number of nitrogens with two attached hydrogens (primary N) is 1. The first-order valence-electron chi connectivity index (χ1n) is 6.65. The minimum atomic E-state index is -0.0183. The fraction of sp³-hybridized carbons (Fsp3) is 0.312. The predicted molar refractivity (Wildman–Crippen MR) is 85.2 cm³/mol. The lowest BCUT2D eigenvalue weighted by molar-refractivity contribution is 0.0745. The summed E-state index contributed by atoms with van der Waals surface area (Å²) in [6.07, 6.45) is 0.867. The number of carbonyl (C=O) groups excluding carboxylic acids is 1. The second kappa shape index (κ2) is 6.09. The number of thiophene rings is 1. The molecule has 3 nitrogen and oxygen atoms in total. The van der Waals surface area contributed by atoms with Gasteiger partial charge in [-0.2, -0.15) is 0 Å². The van der Waals surface area contributed by atoms with E-state index in [0.717, 1.165) is 12.0 Å². The van der Waals surface area contributed by atoms with Crippen molar-refractivity contribution in [1.82, 2.24) is 4.90 Å². The number of nitrogens with zero attached hydrogens (tertiary/aromatic N) is 1. The van der Waals surface area contributed by atoms with Crippen LogP contribution in [0.1, 0.15) is 27.7 Å². The molecule has 2 aromatic rings. The Labute approximate surface area is 124 Å². The Morgan fingerprint density at radius 2 is 2.10 bits per heavy atom. The molecule has 4 heteroatoms. The zero-order chi connectivity index (χ0) is 14.7. The number of para-hydroxylation sites is 1. The Kier molecular flexibility index (Phi) is 4.45. The Morgan fingerprint density at radius 1 is 1.35 bits per heavy atom. The summed E-state index contributed by atoms with van der Waals surface area (Å²) in [5.41, 5.74) is 8.12. The maximum atomic E-state index is 12.5. The van der Waals surface area contributed by atoms with Gasteiger partial charge >= 0.3 is 0 Å². The summed E-state index contributed by atoms with van der Waals surface area (Å²) in [7, 11) is 1.84. The van der Waals surface area contributed by atoms with E-state index in [9.17, 15) is 4.79 Å². The van der Waals surface area contributed by atoms with Gasteiger partial charge in [0.2, 0.25) is 0 Å². The normalized spacial score (nSPS) is 12.2. The highest BCUT2D eigenvalue weighted by Crippen LogP contribution is 2.20. The van der Waals surface area contributed by atoms with Crippen molar-refractivity contribution in [2.75, 3.05) is 12.8 Å². The lowest BCUT2D eigenvalue weighted by atomic mass is 10.1. The van der Waals surface area contributed by atoms with Gasteiger partial charge in [0, 0.05) is 30.1 Å². The number of rotatable bonds is 4. The molecular formula is C16H20N2OS. The fourth-order valence-electron chi connectivity index (χ4n) is 2.11. The summed E-state index contributed by atoms with van der Waals surface area (Å²) in [5.74, 6) is -0.0183. The molecule has 2 rings (SSSR count). The standard InChI is InChI=1S/C16H20N2OS/c1-11-6-4-8-14(15(11)17)16(19)18(3)12(2)10-13-7-5-9-20-13/h4-9,12H,10,17H2,1-3H3. The molecule has 1 unspecified atom stereocenters. The molecule has 106 valence electrons. The largest absolute Gasteiger partial charge is 0.398 e. The van der Waals surface area contributed by atoms with Crippen molar-refractivity contribution in [2.45, 2.75) is 26.3 Å². The van der Waals surface area contributed by atoms with Crippen LogP contribution in [-0.4, -0.2) is 23.9 Å². The topological polar surface area (TPSA) is 46.3 Å². The van der Waals surface area contributed by atoms with Crippen LogP contribution in [0.25, 0.3) is 0 Å². The number of amides is 1. The van der Waals surface area contributed by atoms with E-state index in [1.807, 2.05) is 32.2 Å². The van der Waals surface area contributed by atoms with Crippen LogP contribution < -0.4 is 5.73 Å². The van der Waals surface area contributed by atoms with Gasteiger partial charge in [-0.1, -0.05) is 18.2 Å². The lowest BCUT2D eigenvalue weighted by Crippen LogP contribution is -2.36. The van der Waals surface area contributed by atoms with Crippen molar-refractivity contribution < 1.29 is 4.79 Å². The SMILES string of the molecule is Cc1cccc(C(=O)N(C)C(C)Cc2cccs2)c1N. The summed E-state index contributed by atoms with van der Waals surface area (Å²) >= 11 is 1.72. The maximum absolute atomic E-state index is 12.5. The number of hydrogen-bond acceptors (Lipinski definition) is 3. The molecule has 0 aliphatic heterocycles. The van der Waals surface area contributed by atoms with E-state index in [-0.39, 0.29) is 11.9 Å². The van der Waals surface area contributed by atoms with Gasteiger partial charge in [-0.3, -0.25) is 4.79 Å². The monoisotopic (exact) mass is 288 g/mol. The van der Waals surface area contributed by atoms with Crippen LogP contribution >= 0.6 is 11.3 Å². The van der Waals surface area contributed by atoms with Gasteiger partial charge in [-0.05, 0) is 36.9 Å². The van der Waals surface area contributed by atoms with Crippen LogP contribution in [0.4, 0.5) is 5.69 Å². The van der Waals surface area contributed by atoms with Crippen LogP contribution in [0, 0.1) is 6.92 Å². The van der Waals surface area contributed by atoms with Crippen LogP contribution in [0.15, 0.2) is 35.7 Å². The molecule has 0 aliphatic carbocycles. The average Bonchev–Trinajstić information content (AvgIpc) is 2.93. The van der Waals surface area contributed by atoms with Crippen molar-refractivity contribution in [3.63, 3.8) is 0 Å². The van der Waals surface area contributed by atoms with E-state index in [1.54, 1.807) is 22.3 Å². The van der Waals surface area contributed by atoms with Gasteiger partial charge in [0.05, 0.1) is 5.56 Å². The lowest BCUT2D eigenvalue weighted by Gasteiger charge is -2.25. The van der Waals surface area contributed by atoms with E-state index in [1.165, 1.54) is 4.88 Å². The van der Waals surface area contributed by atoms with Gasteiger partial charge in [-0.15, -0.1) is 11.3 Å². The van der Waals surface area contributed by atoms with Crippen LogP contribution in [0.5, 0.6) is 0 Å². The van der Waals surface area contributed by atoms with E-state index in [2.05, 4.69) is 18.4 Å². The summed E-state index contributed by atoms with van der Waals surface area (Å²) in [6, 6.07) is 9.85. The Hall–Kier alpha value is -1.81. The molecule has 20 heavy (non-hydrogen) atoms. The number of hydrogen-bond donors (Lipinski definition) is 1. The first-order chi connectivity index (χ1) is 9.50. The fourth-order valence-corrected chi connectivity index (χ4v) is 2.94. The van der Waals surface area contributed by atoms with Crippen molar-refractivity contribution in [3.8, 4) is 0 Å². The van der Waals surface area contributed by atoms with Gasteiger partial charge in [0.25, 0.3) is 5.91 Å². The first-order valence-corrected chi connectivity index (χ1v) is 7.53. The molecule has 1 aromatic heterocycles. The van der Waals surface area contributed by atoms with E-state index >= 15 is 0 Å². The van der Waals surface area contributed by atoms with Gasteiger partial charge in [-0.25, -0.2) is 0 Å². The van der Waals surface area contributed by atoms with Gasteiger partial charge < -0.3 is 10.6 Å².